The third kappa shape index (κ3) is 6.17. The van der Waals surface area contributed by atoms with Crippen LogP contribution in [-0.4, -0.2) is 48.4 Å². The molecule has 0 saturated carbocycles. The molecule has 0 aliphatic carbocycles. The number of carbonyl (C=O) groups is 1. The summed E-state index contributed by atoms with van der Waals surface area (Å²) in [5.41, 5.74) is 2.37. The molecule has 1 heterocycles. The van der Waals surface area contributed by atoms with Crippen molar-refractivity contribution in [3.05, 3.63) is 65.6 Å². The molecular formula is C22H26FN3O3S. The summed E-state index contributed by atoms with van der Waals surface area (Å²) >= 11 is 1.34. The van der Waals surface area contributed by atoms with E-state index in [2.05, 4.69) is 15.6 Å². The highest BCUT2D eigenvalue weighted by atomic mass is 32.1. The van der Waals surface area contributed by atoms with E-state index in [0.29, 0.717) is 34.8 Å². The molecule has 0 aliphatic heterocycles. The Hall–Kier alpha value is -2.65. The van der Waals surface area contributed by atoms with Gasteiger partial charge in [0, 0.05) is 24.3 Å². The zero-order valence-corrected chi connectivity index (χ0v) is 17.8. The number of hydrogen-bond acceptors (Lipinski definition) is 6. The largest absolute Gasteiger partial charge is 0.396 e. The van der Waals surface area contributed by atoms with Crippen LogP contribution in [-0.2, 0) is 6.61 Å². The monoisotopic (exact) mass is 431 g/mol. The van der Waals surface area contributed by atoms with Gasteiger partial charge >= 0.3 is 0 Å². The van der Waals surface area contributed by atoms with Crippen molar-refractivity contribution in [2.75, 3.05) is 27.2 Å². The van der Waals surface area contributed by atoms with Crippen LogP contribution >= 0.6 is 11.3 Å². The Kier molecular flexibility index (Phi) is 9.56. The molecule has 1 aromatic heterocycles. The van der Waals surface area contributed by atoms with Crippen molar-refractivity contribution in [3.8, 4) is 21.0 Å². The van der Waals surface area contributed by atoms with Gasteiger partial charge in [-0.25, -0.2) is 9.37 Å². The Balaban J connectivity index is 0.00000101. The first-order chi connectivity index (χ1) is 14.5. The number of halogens is 1. The van der Waals surface area contributed by atoms with Gasteiger partial charge in [0.05, 0.1) is 17.2 Å². The minimum atomic E-state index is -0.334. The second-order valence-electron chi connectivity index (χ2n) is 6.34. The maximum absolute atomic E-state index is 13.2. The standard InChI is InChI=1S/C20H19FN2O3S.C2H7N/c21-14-8-6-13(7-9-14)18-17(12-25)23-20(27-18)16-5-2-1-4-15(16)19(26)22-10-3-11-24;1-3-2/h1-2,4-9,24-25H,3,10-12H2,(H,22,26);3H,1-2H3. The molecule has 3 aromatic rings. The van der Waals surface area contributed by atoms with E-state index >= 15 is 0 Å². The van der Waals surface area contributed by atoms with E-state index in [-0.39, 0.29) is 24.9 Å². The van der Waals surface area contributed by atoms with Gasteiger partial charge in [-0.1, -0.05) is 30.3 Å². The van der Waals surface area contributed by atoms with Gasteiger partial charge in [0.15, 0.2) is 0 Å². The van der Waals surface area contributed by atoms with Crippen LogP contribution in [0.3, 0.4) is 0 Å². The number of aromatic nitrogens is 1. The van der Waals surface area contributed by atoms with Gasteiger partial charge in [-0.3, -0.25) is 4.79 Å². The number of aliphatic hydroxyl groups is 2. The average Bonchev–Trinajstić information content (AvgIpc) is 3.19. The Morgan fingerprint density at radius 3 is 2.40 bits per heavy atom. The van der Waals surface area contributed by atoms with Crippen LogP contribution < -0.4 is 10.6 Å². The third-order valence-electron chi connectivity index (χ3n) is 3.98. The predicted molar refractivity (Wildman–Crippen MR) is 118 cm³/mol. The van der Waals surface area contributed by atoms with Crippen LogP contribution in [0.2, 0.25) is 0 Å². The van der Waals surface area contributed by atoms with E-state index in [1.165, 1.54) is 23.5 Å². The molecule has 0 fully saturated rings. The minimum Gasteiger partial charge on any atom is -0.396 e. The van der Waals surface area contributed by atoms with E-state index < -0.39 is 0 Å². The van der Waals surface area contributed by atoms with Gasteiger partial charge in [-0.15, -0.1) is 11.3 Å². The number of nitrogens with zero attached hydrogens (tertiary/aromatic N) is 1. The van der Waals surface area contributed by atoms with E-state index in [4.69, 9.17) is 5.11 Å². The molecular weight excluding hydrogens is 405 g/mol. The Morgan fingerprint density at radius 2 is 1.77 bits per heavy atom. The highest BCUT2D eigenvalue weighted by molar-refractivity contribution is 7.18. The summed E-state index contributed by atoms with van der Waals surface area (Å²) in [6.07, 6.45) is 0.481. The van der Waals surface area contributed by atoms with E-state index in [0.717, 1.165) is 10.4 Å². The van der Waals surface area contributed by atoms with Crippen molar-refractivity contribution in [2.45, 2.75) is 13.0 Å². The summed E-state index contributed by atoms with van der Waals surface area (Å²) in [5.74, 6) is -0.581. The van der Waals surface area contributed by atoms with E-state index in [9.17, 15) is 14.3 Å². The molecule has 30 heavy (non-hydrogen) atoms. The van der Waals surface area contributed by atoms with Gasteiger partial charge in [0.1, 0.15) is 10.8 Å². The van der Waals surface area contributed by atoms with Crippen molar-refractivity contribution < 1.29 is 19.4 Å². The van der Waals surface area contributed by atoms with Gasteiger partial charge < -0.3 is 20.8 Å². The Morgan fingerprint density at radius 1 is 1.10 bits per heavy atom. The molecule has 4 N–H and O–H groups in total. The van der Waals surface area contributed by atoms with Gasteiger partial charge in [-0.2, -0.15) is 0 Å². The van der Waals surface area contributed by atoms with Crippen LogP contribution in [0.4, 0.5) is 4.39 Å². The third-order valence-corrected chi connectivity index (χ3v) is 5.16. The molecule has 3 rings (SSSR count). The lowest BCUT2D eigenvalue weighted by atomic mass is 10.1. The molecule has 0 bridgehead atoms. The SMILES string of the molecule is CNC.O=C(NCCCO)c1ccccc1-c1nc(CO)c(-c2ccc(F)cc2)s1. The fourth-order valence-corrected chi connectivity index (χ4v) is 3.76. The smallest absolute Gasteiger partial charge is 0.252 e. The number of amides is 1. The van der Waals surface area contributed by atoms with E-state index in [1.807, 2.05) is 20.2 Å². The van der Waals surface area contributed by atoms with Crippen molar-refractivity contribution in [1.82, 2.24) is 15.6 Å². The minimum absolute atomic E-state index is 0.00922. The highest BCUT2D eigenvalue weighted by Crippen LogP contribution is 2.36. The summed E-state index contributed by atoms with van der Waals surface area (Å²) < 4.78 is 13.2. The van der Waals surface area contributed by atoms with Gasteiger partial charge in [0.25, 0.3) is 5.91 Å². The van der Waals surface area contributed by atoms with Crippen molar-refractivity contribution >= 4 is 17.2 Å². The summed E-state index contributed by atoms with van der Waals surface area (Å²) in [6, 6.07) is 13.1. The number of hydrogen-bond donors (Lipinski definition) is 4. The van der Waals surface area contributed by atoms with E-state index in [1.54, 1.807) is 30.3 Å². The van der Waals surface area contributed by atoms with Crippen molar-refractivity contribution in [3.63, 3.8) is 0 Å². The fraction of sp³-hybridized carbons (Fsp3) is 0.273. The van der Waals surface area contributed by atoms with Crippen LogP contribution in [0.25, 0.3) is 21.0 Å². The maximum atomic E-state index is 13.2. The second-order valence-corrected chi connectivity index (χ2v) is 7.34. The second kappa shape index (κ2) is 12.1. The molecule has 0 radical (unpaired) electrons. The molecule has 160 valence electrons. The summed E-state index contributed by atoms with van der Waals surface area (Å²) in [4.78, 5) is 17.7. The zero-order chi connectivity index (χ0) is 21.9. The molecule has 1 amide bonds. The topological polar surface area (TPSA) is 94.5 Å². The number of aliphatic hydroxyl groups excluding tert-OH is 2. The lowest BCUT2D eigenvalue weighted by molar-refractivity contribution is 0.0952. The molecule has 0 unspecified atom stereocenters. The highest BCUT2D eigenvalue weighted by Gasteiger charge is 2.18. The summed E-state index contributed by atoms with van der Waals surface area (Å²) in [5, 5.41) is 24.7. The van der Waals surface area contributed by atoms with Gasteiger partial charge in [-0.05, 0) is 44.3 Å². The van der Waals surface area contributed by atoms with Crippen molar-refractivity contribution in [1.29, 1.82) is 0 Å². The summed E-state index contributed by atoms with van der Waals surface area (Å²) in [7, 11) is 3.75. The first kappa shape index (κ1) is 23.6. The lowest BCUT2D eigenvalue weighted by Crippen LogP contribution is -2.25. The molecule has 2 aromatic carbocycles. The fourth-order valence-electron chi connectivity index (χ4n) is 2.64. The molecule has 8 heteroatoms. The number of rotatable bonds is 7. The molecule has 0 atom stereocenters. The quantitative estimate of drug-likeness (QED) is 0.432. The van der Waals surface area contributed by atoms with Crippen LogP contribution in [0.5, 0.6) is 0 Å². The average molecular weight is 432 g/mol. The molecule has 6 nitrogen and oxygen atoms in total. The van der Waals surface area contributed by atoms with Crippen LogP contribution in [0.1, 0.15) is 22.5 Å². The first-order valence-electron chi connectivity index (χ1n) is 9.49. The lowest BCUT2D eigenvalue weighted by Gasteiger charge is -2.08. The molecule has 0 spiro atoms. The first-order valence-corrected chi connectivity index (χ1v) is 10.3. The number of carbonyl (C=O) groups excluding carboxylic acids is 1. The number of nitrogens with one attached hydrogen (secondary N) is 2. The Bertz CT molecular complexity index is 945. The number of thiazole rings is 1. The number of benzene rings is 2. The predicted octanol–water partition coefficient (Wildman–Crippen LogP) is 3.06. The Labute approximate surface area is 179 Å². The summed E-state index contributed by atoms with van der Waals surface area (Å²) in [6.45, 7) is 0.133. The molecule has 0 aliphatic rings. The zero-order valence-electron chi connectivity index (χ0n) is 17.0. The van der Waals surface area contributed by atoms with Gasteiger partial charge in [0.2, 0.25) is 0 Å². The van der Waals surface area contributed by atoms with Crippen LogP contribution in [0.15, 0.2) is 48.5 Å². The maximum Gasteiger partial charge on any atom is 0.252 e. The van der Waals surface area contributed by atoms with Crippen LogP contribution in [0, 0.1) is 5.82 Å². The van der Waals surface area contributed by atoms with Crippen molar-refractivity contribution in [2.24, 2.45) is 0 Å². The normalized spacial score (nSPS) is 10.3. The molecule has 0 saturated heterocycles.